The Hall–Kier alpha value is -3.01. The lowest BCUT2D eigenvalue weighted by atomic mass is 10.3. The molecule has 1 N–H and O–H groups in total. The highest BCUT2D eigenvalue weighted by Crippen LogP contribution is 2.24. The van der Waals surface area contributed by atoms with Crippen molar-refractivity contribution in [1.29, 1.82) is 0 Å². The Labute approximate surface area is 129 Å². The smallest absolute Gasteiger partial charge is 0.272 e. The zero-order chi connectivity index (χ0) is 15.4. The molecule has 0 aliphatic rings. The van der Waals surface area contributed by atoms with Gasteiger partial charge in [0.1, 0.15) is 17.2 Å². The fourth-order valence-corrected chi connectivity index (χ4v) is 2.15. The zero-order valence-electron chi connectivity index (χ0n) is 12.2. The maximum absolute atomic E-state index is 12.2. The van der Waals surface area contributed by atoms with Gasteiger partial charge in [0.25, 0.3) is 5.91 Å². The highest BCUT2D eigenvalue weighted by Gasteiger charge is 2.09. The molecular formula is C18H16N2O2. The van der Waals surface area contributed by atoms with Crippen molar-refractivity contribution in [2.75, 3.05) is 5.32 Å². The van der Waals surface area contributed by atoms with Gasteiger partial charge in [0.15, 0.2) is 0 Å². The van der Waals surface area contributed by atoms with Gasteiger partial charge in [-0.05, 0) is 36.4 Å². The van der Waals surface area contributed by atoms with Gasteiger partial charge in [0.2, 0.25) is 0 Å². The molecule has 0 saturated heterocycles. The van der Waals surface area contributed by atoms with Gasteiger partial charge in [-0.15, -0.1) is 0 Å². The van der Waals surface area contributed by atoms with Crippen LogP contribution in [0.3, 0.4) is 0 Å². The third kappa shape index (κ3) is 3.17. The minimum absolute atomic E-state index is 0.149. The molecule has 110 valence electrons. The summed E-state index contributed by atoms with van der Waals surface area (Å²) in [6, 6.07) is 20.5. The first-order valence-corrected chi connectivity index (χ1v) is 6.98. The topological polar surface area (TPSA) is 43.3 Å². The Bertz CT molecular complexity index is 779. The fraction of sp³-hybridized carbons (Fsp3) is 0.0556. The van der Waals surface area contributed by atoms with Gasteiger partial charge in [-0.25, -0.2) is 0 Å². The van der Waals surface area contributed by atoms with Crippen LogP contribution in [0.1, 0.15) is 10.5 Å². The summed E-state index contributed by atoms with van der Waals surface area (Å²) in [6.07, 6.45) is 1.84. The number of nitrogens with zero attached hydrogens (tertiary/aromatic N) is 1. The number of carbonyl (C=O) groups is 1. The maximum atomic E-state index is 12.2. The number of aryl methyl sites for hydroxylation is 1. The molecule has 0 spiro atoms. The molecule has 0 radical (unpaired) electrons. The molecule has 0 fully saturated rings. The van der Waals surface area contributed by atoms with E-state index in [-0.39, 0.29) is 5.91 Å². The predicted octanol–water partition coefficient (Wildman–Crippen LogP) is 4.07. The number of nitrogens with one attached hydrogen (secondary N) is 1. The van der Waals surface area contributed by atoms with Gasteiger partial charge in [0, 0.05) is 25.0 Å². The number of carbonyl (C=O) groups excluding carboxylic acids is 1. The van der Waals surface area contributed by atoms with Crippen LogP contribution in [-0.2, 0) is 7.05 Å². The lowest BCUT2D eigenvalue weighted by Crippen LogP contribution is -2.15. The van der Waals surface area contributed by atoms with Gasteiger partial charge in [0.05, 0.1) is 0 Å². The van der Waals surface area contributed by atoms with Crippen LogP contribution >= 0.6 is 0 Å². The zero-order valence-corrected chi connectivity index (χ0v) is 12.2. The number of hydrogen-bond acceptors (Lipinski definition) is 2. The van der Waals surface area contributed by atoms with Gasteiger partial charge >= 0.3 is 0 Å². The predicted molar refractivity (Wildman–Crippen MR) is 86.3 cm³/mol. The van der Waals surface area contributed by atoms with Crippen LogP contribution in [0.2, 0.25) is 0 Å². The summed E-state index contributed by atoms with van der Waals surface area (Å²) in [5.74, 6) is 1.29. The second-order valence-electron chi connectivity index (χ2n) is 4.90. The molecule has 4 heteroatoms. The quantitative estimate of drug-likeness (QED) is 0.787. The molecule has 22 heavy (non-hydrogen) atoms. The third-order valence-electron chi connectivity index (χ3n) is 3.25. The Morgan fingerprint density at radius 2 is 1.73 bits per heavy atom. The van der Waals surface area contributed by atoms with Crippen molar-refractivity contribution in [3.63, 3.8) is 0 Å². The molecule has 1 aromatic heterocycles. The fourth-order valence-electron chi connectivity index (χ4n) is 2.15. The van der Waals surface area contributed by atoms with Gasteiger partial charge < -0.3 is 14.6 Å². The molecular weight excluding hydrogens is 276 g/mol. The number of ether oxygens (including phenoxy) is 1. The van der Waals surface area contributed by atoms with Crippen LogP contribution in [0.25, 0.3) is 0 Å². The van der Waals surface area contributed by atoms with Crippen LogP contribution in [-0.4, -0.2) is 10.5 Å². The van der Waals surface area contributed by atoms with Crippen LogP contribution in [0.15, 0.2) is 72.9 Å². The van der Waals surface area contributed by atoms with Crippen LogP contribution < -0.4 is 10.1 Å². The van der Waals surface area contributed by atoms with Crippen molar-refractivity contribution in [1.82, 2.24) is 4.57 Å². The third-order valence-corrected chi connectivity index (χ3v) is 3.25. The van der Waals surface area contributed by atoms with E-state index in [1.165, 1.54) is 0 Å². The first-order valence-electron chi connectivity index (χ1n) is 6.98. The summed E-state index contributed by atoms with van der Waals surface area (Å²) in [6.45, 7) is 0. The van der Waals surface area contributed by atoms with Crippen molar-refractivity contribution < 1.29 is 9.53 Å². The number of anilines is 1. The number of rotatable bonds is 4. The second-order valence-corrected chi connectivity index (χ2v) is 4.90. The van der Waals surface area contributed by atoms with Crippen LogP contribution in [0.4, 0.5) is 5.69 Å². The molecule has 3 aromatic rings. The average Bonchev–Trinajstić information content (AvgIpc) is 2.95. The molecule has 1 heterocycles. The molecule has 0 bridgehead atoms. The Morgan fingerprint density at radius 1 is 0.955 bits per heavy atom. The van der Waals surface area contributed by atoms with E-state index in [0.717, 1.165) is 5.75 Å². The Balaban J connectivity index is 1.74. The first kappa shape index (κ1) is 13.9. The van der Waals surface area contributed by atoms with E-state index >= 15 is 0 Å². The van der Waals surface area contributed by atoms with Crippen molar-refractivity contribution in [3.05, 3.63) is 78.6 Å². The number of para-hydroxylation sites is 1. The molecule has 4 nitrogen and oxygen atoms in total. The Morgan fingerprint density at radius 3 is 2.45 bits per heavy atom. The van der Waals surface area contributed by atoms with E-state index in [4.69, 9.17) is 4.74 Å². The summed E-state index contributed by atoms with van der Waals surface area (Å²) in [7, 11) is 1.84. The molecule has 0 unspecified atom stereocenters. The molecule has 0 saturated carbocycles. The summed E-state index contributed by atoms with van der Waals surface area (Å²) in [5.41, 5.74) is 1.30. The number of aromatic nitrogens is 1. The normalized spacial score (nSPS) is 10.2. The summed E-state index contributed by atoms with van der Waals surface area (Å²) in [4.78, 5) is 12.2. The van der Waals surface area contributed by atoms with E-state index < -0.39 is 0 Å². The average molecular weight is 292 g/mol. The Kier molecular flexibility index (Phi) is 3.92. The van der Waals surface area contributed by atoms with E-state index in [1.807, 2.05) is 67.8 Å². The maximum Gasteiger partial charge on any atom is 0.272 e. The lowest BCUT2D eigenvalue weighted by molar-refractivity contribution is 0.101. The molecule has 0 atom stereocenters. The highest BCUT2D eigenvalue weighted by molar-refractivity contribution is 6.03. The lowest BCUT2D eigenvalue weighted by Gasteiger charge is -2.09. The summed E-state index contributed by atoms with van der Waals surface area (Å²) >= 11 is 0. The van der Waals surface area contributed by atoms with Crippen molar-refractivity contribution >= 4 is 11.6 Å². The summed E-state index contributed by atoms with van der Waals surface area (Å²) in [5, 5.41) is 2.87. The number of amides is 1. The van der Waals surface area contributed by atoms with Crippen LogP contribution in [0.5, 0.6) is 11.5 Å². The minimum Gasteiger partial charge on any atom is -0.457 e. The van der Waals surface area contributed by atoms with Crippen molar-refractivity contribution in [2.45, 2.75) is 0 Å². The van der Waals surface area contributed by atoms with Crippen molar-refractivity contribution in [2.24, 2.45) is 7.05 Å². The first-order chi connectivity index (χ1) is 10.7. The number of benzene rings is 2. The van der Waals surface area contributed by atoms with Gasteiger partial charge in [-0.2, -0.15) is 0 Å². The van der Waals surface area contributed by atoms with E-state index in [2.05, 4.69) is 5.32 Å². The number of hydrogen-bond donors (Lipinski definition) is 1. The minimum atomic E-state index is -0.149. The second kappa shape index (κ2) is 6.18. The van der Waals surface area contributed by atoms with Gasteiger partial charge in [-0.1, -0.05) is 24.3 Å². The molecule has 0 aliphatic carbocycles. The molecule has 2 aromatic carbocycles. The molecule has 1 amide bonds. The monoisotopic (exact) mass is 292 g/mol. The largest absolute Gasteiger partial charge is 0.457 e. The highest BCUT2D eigenvalue weighted by atomic mass is 16.5. The molecule has 3 rings (SSSR count). The van der Waals surface area contributed by atoms with Crippen molar-refractivity contribution in [3.8, 4) is 11.5 Å². The summed E-state index contributed by atoms with van der Waals surface area (Å²) < 4.78 is 7.54. The van der Waals surface area contributed by atoms with Crippen LogP contribution in [0, 0.1) is 0 Å². The van der Waals surface area contributed by atoms with E-state index in [1.54, 1.807) is 16.7 Å². The molecule has 0 aliphatic heterocycles. The van der Waals surface area contributed by atoms with E-state index in [0.29, 0.717) is 17.1 Å². The van der Waals surface area contributed by atoms with Gasteiger partial charge in [-0.3, -0.25) is 4.79 Å². The SMILES string of the molecule is Cn1cccc1C(=O)Nc1cccc(Oc2ccccc2)c1. The standard InChI is InChI=1S/C18H16N2O2/c1-20-12-6-11-17(20)18(21)19-14-7-5-10-16(13-14)22-15-8-3-2-4-9-15/h2-13H,1H3,(H,19,21). The van der Waals surface area contributed by atoms with E-state index in [9.17, 15) is 4.79 Å².